The van der Waals surface area contributed by atoms with Crippen LogP contribution in [0.5, 0.6) is 0 Å². The highest BCUT2D eigenvalue weighted by Crippen LogP contribution is 2.00. The van der Waals surface area contributed by atoms with Crippen LogP contribution in [0.15, 0.2) is 48.7 Å². The molecule has 0 bridgehead atoms. The number of amides is 1. The summed E-state index contributed by atoms with van der Waals surface area (Å²) in [6.07, 6.45) is 11.3. The van der Waals surface area contributed by atoms with E-state index in [-0.39, 0.29) is 11.9 Å². The van der Waals surface area contributed by atoms with Gasteiger partial charge in [0.05, 0.1) is 0 Å². The predicted molar refractivity (Wildman–Crippen MR) is 87.8 cm³/mol. The molecule has 0 aliphatic carbocycles. The van der Waals surface area contributed by atoms with Gasteiger partial charge >= 0.3 is 0 Å². The van der Waals surface area contributed by atoms with Crippen molar-refractivity contribution >= 4 is 17.9 Å². The third-order valence-corrected chi connectivity index (χ3v) is 2.79. The highest BCUT2D eigenvalue weighted by Gasteiger charge is 1.98. The Hall–Kier alpha value is -2.36. The van der Waals surface area contributed by atoms with E-state index >= 15 is 0 Å². The lowest BCUT2D eigenvalue weighted by Gasteiger charge is -2.03. The lowest BCUT2D eigenvalue weighted by atomic mass is 10.2. The van der Waals surface area contributed by atoms with Crippen molar-refractivity contribution in [3.05, 3.63) is 54.2 Å². The number of carbonyl (C=O) groups is 1. The molecule has 0 saturated carbocycles. The second-order valence-corrected chi connectivity index (χ2v) is 4.65. The van der Waals surface area contributed by atoms with Crippen LogP contribution in [0.25, 0.3) is 6.08 Å². The van der Waals surface area contributed by atoms with Crippen molar-refractivity contribution in [2.24, 2.45) is 0 Å². The zero-order valence-electron chi connectivity index (χ0n) is 12.4. The van der Waals surface area contributed by atoms with Gasteiger partial charge in [0.2, 0.25) is 0 Å². The number of guanidine groups is 1. The number of carbonyl (C=O) groups excluding carboxylic acids is 1. The molecule has 0 saturated heterocycles. The fourth-order valence-corrected chi connectivity index (χ4v) is 1.67. The molecule has 1 aromatic carbocycles. The van der Waals surface area contributed by atoms with E-state index in [1.165, 1.54) is 18.9 Å². The van der Waals surface area contributed by atoms with E-state index in [2.05, 4.69) is 17.6 Å². The van der Waals surface area contributed by atoms with Crippen LogP contribution in [0.3, 0.4) is 0 Å². The molecule has 3 N–H and O–H groups in total. The van der Waals surface area contributed by atoms with Gasteiger partial charge in [0.15, 0.2) is 5.96 Å². The number of hydrogen-bond acceptors (Lipinski definition) is 2. The van der Waals surface area contributed by atoms with Crippen molar-refractivity contribution < 1.29 is 4.79 Å². The van der Waals surface area contributed by atoms with E-state index < -0.39 is 0 Å². The molecular formula is C17H23N3O. The first kappa shape index (κ1) is 16.7. The van der Waals surface area contributed by atoms with Crippen LogP contribution in [0.1, 0.15) is 38.2 Å². The van der Waals surface area contributed by atoms with Gasteiger partial charge in [-0.15, -0.1) is 0 Å². The Morgan fingerprint density at radius 2 is 2.00 bits per heavy atom. The summed E-state index contributed by atoms with van der Waals surface area (Å²) in [6, 6.07) is 9.55. The summed E-state index contributed by atoms with van der Waals surface area (Å²) in [5.41, 5.74) is 0.947. The minimum Gasteiger partial charge on any atom is -0.333 e. The van der Waals surface area contributed by atoms with Crippen molar-refractivity contribution in [2.75, 3.05) is 0 Å². The van der Waals surface area contributed by atoms with Gasteiger partial charge in [-0.05, 0) is 30.7 Å². The number of unbranched alkanes of at least 4 members (excludes halogenated alkanes) is 3. The van der Waals surface area contributed by atoms with E-state index in [0.717, 1.165) is 18.4 Å². The summed E-state index contributed by atoms with van der Waals surface area (Å²) < 4.78 is 0. The van der Waals surface area contributed by atoms with Crippen LogP contribution < -0.4 is 10.6 Å². The SMILES string of the molecule is CCCCC/C=C/NC(=N)NC(=O)/C=C/c1ccccc1. The first-order valence-corrected chi connectivity index (χ1v) is 7.26. The van der Waals surface area contributed by atoms with Crippen LogP contribution in [-0.4, -0.2) is 11.9 Å². The Kier molecular flexibility index (Phi) is 8.29. The fraction of sp³-hybridized carbons (Fsp3) is 0.294. The van der Waals surface area contributed by atoms with Gasteiger partial charge in [-0.25, -0.2) is 0 Å². The van der Waals surface area contributed by atoms with Crippen molar-refractivity contribution in [1.82, 2.24) is 10.6 Å². The Morgan fingerprint density at radius 1 is 1.24 bits per heavy atom. The molecule has 0 spiro atoms. The molecule has 0 unspecified atom stereocenters. The molecule has 0 aliphatic rings. The molecule has 0 radical (unpaired) electrons. The molecule has 0 aliphatic heterocycles. The first-order valence-electron chi connectivity index (χ1n) is 7.26. The Morgan fingerprint density at radius 3 is 2.71 bits per heavy atom. The molecule has 0 heterocycles. The molecule has 1 amide bonds. The van der Waals surface area contributed by atoms with Gasteiger partial charge in [-0.3, -0.25) is 15.5 Å². The van der Waals surface area contributed by atoms with E-state index in [1.807, 2.05) is 36.4 Å². The minimum atomic E-state index is -0.323. The Labute approximate surface area is 126 Å². The van der Waals surface area contributed by atoms with Gasteiger partial charge in [-0.2, -0.15) is 0 Å². The molecule has 1 rings (SSSR count). The topological polar surface area (TPSA) is 65.0 Å². The van der Waals surface area contributed by atoms with E-state index in [9.17, 15) is 4.79 Å². The van der Waals surface area contributed by atoms with E-state index in [4.69, 9.17) is 5.41 Å². The number of hydrogen-bond donors (Lipinski definition) is 3. The van der Waals surface area contributed by atoms with Gasteiger partial charge < -0.3 is 5.32 Å². The molecule has 4 heteroatoms. The minimum absolute atomic E-state index is 0.0237. The average Bonchev–Trinajstić information content (AvgIpc) is 2.50. The molecule has 0 atom stereocenters. The fourth-order valence-electron chi connectivity index (χ4n) is 1.67. The Balaban J connectivity index is 2.25. The standard InChI is InChI=1S/C17H23N3O/c1-2-3-4-5-9-14-19-17(18)20-16(21)13-12-15-10-7-6-8-11-15/h6-14H,2-5H2,1H3,(H3,18,19,20,21)/b13-12+,14-9+. The second kappa shape index (κ2) is 10.4. The summed E-state index contributed by atoms with van der Waals surface area (Å²) >= 11 is 0. The van der Waals surface area contributed by atoms with Gasteiger partial charge in [0.25, 0.3) is 5.91 Å². The molecule has 21 heavy (non-hydrogen) atoms. The molecule has 1 aromatic rings. The van der Waals surface area contributed by atoms with Crippen molar-refractivity contribution in [1.29, 1.82) is 5.41 Å². The number of rotatable bonds is 7. The zero-order valence-corrected chi connectivity index (χ0v) is 12.4. The van der Waals surface area contributed by atoms with Crippen LogP contribution in [0, 0.1) is 5.41 Å². The van der Waals surface area contributed by atoms with Crippen LogP contribution in [0.2, 0.25) is 0 Å². The summed E-state index contributed by atoms with van der Waals surface area (Å²) in [4.78, 5) is 11.6. The monoisotopic (exact) mass is 285 g/mol. The van der Waals surface area contributed by atoms with Gasteiger partial charge in [0, 0.05) is 6.08 Å². The molecular weight excluding hydrogens is 262 g/mol. The second-order valence-electron chi connectivity index (χ2n) is 4.65. The average molecular weight is 285 g/mol. The van der Waals surface area contributed by atoms with Crippen LogP contribution in [0.4, 0.5) is 0 Å². The zero-order chi connectivity index (χ0) is 15.3. The van der Waals surface area contributed by atoms with Crippen molar-refractivity contribution in [3.8, 4) is 0 Å². The first-order chi connectivity index (χ1) is 10.2. The number of allylic oxidation sites excluding steroid dienone is 1. The van der Waals surface area contributed by atoms with Gasteiger partial charge in [0.1, 0.15) is 0 Å². The largest absolute Gasteiger partial charge is 0.333 e. The predicted octanol–water partition coefficient (Wildman–Crippen LogP) is 3.43. The number of nitrogens with one attached hydrogen (secondary N) is 3. The maximum Gasteiger partial charge on any atom is 0.250 e. The van der Waals surface area contributed by atoms with E-state index in [1.54, 1.807) is 12.3 Å². The van der Waals surface area contributed by atoms with E-state index in [0.29, 0.717) is 0 Å². The number of benzene rings is 1. The lowest BCUT2D eigenvalue weighted by molar-refractivity contribution is -0.115. The lowest BCUT2D eigenvalue weighted by Crippen LogP contribution is -2.36. The van der Waals surface area contributed by atoms with Crippen LogP contribution >= 0.6 is 0 Å². The normalized spacial score (nSPS) is 10.9. The third-order valence-electron chi connectivity index (χ3n) is 2.79. The maximum atomic E-state index is 11.6. The Bertz CT molecular complexity index is 492. The van der Waals surface area contributed by atoms with Crippen molar-refractivity contribution in [2.45, 2.75) is 32.6 Å². The smallest absolute Gasteiger partial charge is 0.250 e. The summed E-state index contributed by atoms with van der Waals surface area (Å²) in [6.45, 7) is 2.16. The summed E-state index contributed by atoms with van der Waals surface area (Å²) in [7, 11) is 0. The highest BCUT2D eigenvalue weighted by atomic mass is 16.1. The molecule has 0 aromatic heterocycles. The maximum absolute atomic E-state index is 11.6. The summed E-state index contributed by atoms with van der Waals surface area (Å²) in [5.74, 6) is -0.347. The molecule has 4 nitrogen and oxygen atoms in total. The van der Waals surface area contributed by atoms with Crippen LogP contribution in [-0.2, 0) is 4.79 Å². The van der Waals surface area contributed by atoms with Crippen molar-refractivity contribution in [3.63, 3.8) is 0 Å². The summed E-state index contributed by atoms with van der Waals surface area (Å²) in [5, 5.41) is 12.8. The highest BCUT2D eigenvalue weighted by molar-refractivity contribution is 6.03. The van der Waals surface area contributed by atoms with Gasteiger partial charge in [-0.1, -0.05) is 56.2 Å². The third kappa shape index (κ3) is 8.42. The molecule has 112 valence electrons. The molecule has 0 fully saturated rings. The quantitative estimate of drug-likeness (QED) is 0.311.